The highest BCUT2D eigenvalue weighted by Crippen LogP contribution is 2.14. The van der Waals surface area contributed by atoms with Crippen LogP contribution in [0, 0.1) is 0 Å². The van der Waals surface area contributed by atoms with E-state index in [9.17, 15) is 4.79 Å². The van der Waals surface area contributed by atoms with Crippen molar-refractivity contribution in [3.05, 3.63) is 46.0 Å². The number of hydrogen-bond donors (Lipinski definition) is 1. The summed E-state index contributed by atoms with van der Waals surface area (Å²) in [5, 5.41) is 8.32. The fourth-order valence-corrected chi connectivity index (χ4v) is 1.64. The second-order valence-electron chi connectivity index (χ2n) is 3.38. The van der Waals surface area contributed by atoms with Gasteiger partial charge < -0.3 is 4.98 Å². The summed E-state index contributed by atoms with van der Waals surface area (Å²) < 4.78 is 1.49. The van der Waals surface area contributed by atoms with Gasteiger partial charge in [-0.3, -0.25) is 4.79 Å². The second kappa shape index (κ2) is 3.67. The summed E-state index contributed by atoms with van der Waals surface area (Å²) in [5.41, 5.74) is 1.06. The minimum absolute atomic E-state index is 0.211. The van der Waals surface area contributed by atoms with E-state index in [1.807, 2.05) is 0 Å². The van der Waals surface area contributed by atoms with E-state index < -0.39 is 0 Å². The number of halogens is 1. The molecular formula is C10H6ClN5O. The number of hydrogen-bond acceptors (Lipinski definition) is 4. The molecule has 0 saturated carbocycles. The Bertz CT molecular complexity index is 730. The molecule has 0 aliphatic heterocycles. The molecule has 7 heteroatoms. The predicted octanol–water partition coefficient (Wildman–Crippen LogP) is 1.16. The van der Waals surface area contributed by atoms with Gasteiger partial charge in [-0.15, -0.1) is 5.10 Å². The van der Waals surface area contributed by atoms with E-state index in [0.29, 0.717) is 10.7 Å². The van der Waals surface area contributed by atoms with E-state index in [1.54, 1.807) is 24.3 Å². The largest absolute Gasteiger partial charge is 0.311 e. The van der Waals surface area contributed by atoms with Crippen molar-refractivity contribution in [1.29, 1.82) is 0 Å². The van der Waals surface area contributed by atoms with Gasteiger partial charge in [0.05, 0.1) is 12.0 Å². The second-order valence-corrected chi connectivity index (χ2v) is 3.82. The summed E-state index contributed by atoms with van der Waals surface area (Å²) in [4.78, 5) is 17.9. The Morgan fingerprint density at radius 1 is 1.24 bits per heavy atom. The standard InChI is InChI=1S/C10H6ClN5O/c11-6-1-3-7(4-2-6)16-9-8(14-15-16)10(17)13-5-12-9/h1-5H,(H,12,13,17). The topological polar surface area (TPSA) is 76.5 Å². The van der Waals surface area contributed by atoms with Crippen LogP contribution in [0.4, 0.5) is 0 Å². The van der Waals surface area contributed by atoms with Gasteiger partial charge in [0, 0.05) is 5.02 Å². The Morgan fingerprint density at radius 3 is 2.76 bits per heavy atom. The van der Waals surface area contributed by atoms with Gasteiger partial charge >= 0.3 is 0 Å². The number of H-pyrrole nitrogens is 1. The van der Waals surface area contributed by atoms with Crippen molar-refractivity contribution in [3.8, 4) is 5.69 Å². The molecule has 0 bridgehead atoms. The van der Waals surface area contributed by atoms with Crippen molar-refractivity contribution in [2.75, 3.05) is 0 Å². The maximum Gasteiger partial charge on any atom is 0.280 e. The molecule has 0 fully saturated rings. The predicted molar refractivity (Wildman–Crippen MR) is 62.3 cm³/mol. The highest BCUT2D eigenvalue weighted by atomic mass is 35.5. The molecule has 2 heterocycles. The average Bonchev–Trinajstić information content (AvgIpc) is 2.75. The molecule has 1 N–H and O–H groups in total. The van der Waals surface area contributed by atoms with Crippen LogP contribution in [0.5, 0.6) is 0 Å². The van der Waals surface area contributed by atoms with Gasteiger partial charge in [0.1, 0.15) is 0 Å². The Morgan fingerprint density at radius 2 is 2.00 bits per heavy atom. The Kier molecular flexibility index (Phi) is 2.15. The minimum atomic E-state index is -0.310. The first-order chi connectivity index (χ1) is 8.25. The Labute approximate surface area is 99.9 Å². The molecule has 3 aromatic rings. The third kappa shape index (κ3) is 1.58. The molecule has 3 rings (SSSR count). The molecule has 2 aromatic heterocycles. The average molecular weight is 248 g/mol. The smallest absolute Gasteiger partial charge is 0.280 e. The van der Waals surface area contributed by atoms with E-state index in [-0.39, 0.29) is 11.1 Å². The Balaban J connectivity index is 2.28. The van der Waals surface area contributed by atoms with Gasteiger partial charge in [-0.25, -0.2) is 4.98 Å². The summed E-state index contributed by atoms with van der Waals surface area (Å²) in [7, 11) is 0. The van der Waals surface area contributed by atoms with E-state index >= 15 is 0 Å². The molecule has 0 unspecified atom stereocenters. The molecule has 17 heavy (non-hydrogen) atoms. The van der Waals surface area contributed by atoms with Crippen molar-refractivity contribution in [1.82, 2.24) is 25.0 Å². The van der Waals surface area contributed by atoms with Crippen LogP contribution in [0.1, 0.15) is 0 Å². The van der Waals surface area contributed by atoms with Crippen LogP contribution in [0.15, 0.2) is 35.4 Å². The zero-order chi connectivity index (χ0) is 11.8. The van der Waals surface area contributed by atoms with E-state index in [4.69, 9.17) is 11.6 Å². The first-order valence-electron chi connectivity index (χ1n) is 4.81. The third-order valence-electron chi connectivity index (χ3n) is 2.32. The quantitative estimate of drug-likeness (QED) is 0.700. The number of benzene rings is 1. The van der Waals surface area contributed by atoms with Crippen LogP contribution < -0.4 is 5.56 Å². The van der Waals surface area contributed by atoms with Gasteiger partial charge in [-0.1, -0.05) is 16.8 Å². The molecule has 0 aliphatic rings. The number of rotatable bonds is 1. The lowest BCUT2D eigenvalue weighted by atomic mass is 10.3. The van der Waals surface area contributed by atoms with E-state index in [0.717, 1.165) is 5.69 Å². The lowest BCUT2D eigenvalue weighted by molar-refractivity contribution is 0.817. The molecule has 84 valence electrons. The van der Waals surface area contributed by atoms with Crippen molar-refractivity contribution in [3.63, 3.8) is 0 Å². The van der Waals surface area contributed by atoms with Crippen molar-refractivity contribution in [2.24, 2.45) is 0 Å². The summed E-state index contributed by atoms with van der Waals surface area (Å²) in [6, 6.07) is 7.02. The van der Waals surface area contributed by atoms with Gasteiger partial charge in [0.15, 0.2) is 11.2 Å². The molecule has 0 spiro atoms. The monoisotopic (exact) mass is 247 g/mol. The molecular weight excluding hydrogens is 242 g/mol. The third-order valence-corrected chi connectivity index (χ3v) is 2.57. The lowest BCUT2D eigenvalue weighted by Gasteiger charge is -2.00. The maximum absolute atomic E-state index is 11.4. The normalized spacial score (nSPS) is 10.9. The zero-order valence-corrected chi connectivity index (χ0v) is 9.22. The number of nitrogens with zero attached hydrogens (tertiary/aromatic N) is 4. The van der Waals surface area contributed by atoms with Gasteiger partial charge in [0.2, 0.25) is 0 Å². The lowest BCUT2D eigenvalue weighted by Crippen LogP contribution is -2.07. The minimum Gasteiger partial charge on any atom is -0.311 e. The van der Waals surface area contributed by atoms with Crippen LogP contribution in [0.2, 0.25) is 5.02 Å². The first kappa shape index (κ1) is 9.98. The number of aromatic amines is 1. The van der Waals surface area contributed by atoms with Gasteiger partial charge in [-0.2, -0.15) is 4.68 Å². The summed E-state index contributed by atoms with van der Waals surface area (Å²) in [6.45, 7) is 0. The van der Waals surface area contributed by atoms with E-state index in [1.165, 1.54) is 11.0 Å². The molecule has 0 radical (unpaired) electrons. The van der Waals surface area contributed by atoms with Crippen LogP contribution in [-0.2, 0) is 0 Å². The molecule has 0 amide bonds. The summed E-state index contributed by atoms with van der Waals surface area (Å²) >= 11 is 5.80. The van der Waals surface area contributed by atoms with Gasteiger partial charge in [-0.05, 0) is 24.3 Å². The first-order valence-corrected chi connectivity index (χ1v) is 5.18. The fourth-order valence-electron chi connectivity index (χ4n) is 1.52. The maximum atomic E-state index is 11.4. The van der Waals surface area contributed by atoms with Crippen molar-refractivity contribution in [2.45, 2.75) is 0 Å². The number of aromatic nitrogens is 5. The summed E-state index contributed by atoms with van der Waals surface area (Å²) in [6.07, 6.45) is 1.32. The molecule has 6 nitrogen and oxygen atoms in total. The van der Waals surface area contributed by atoms with Crippen LogP contribution in [-0.4, -0.2) is 25.0 Å². The molecule has 0 saturated heterocycles. The number of fused-ring (bicyclic) bond motifs is 1. The number of nitrogens with one attached hydrogen (secondary N) is 1. The molecule has 0 aliphatic carbocycles. The van der Waals surface area contributed by atoms with Crippen molar-refractivity contribution >= 4 is 22.8 Å². The molecule has 0 atom stereocenters. The Hall–Kier alpha value is -2.21. The van der Waals surface area contributed by atoms with Crippen molar-refractivity contribution < 1.29 is 0 Å². The van der Waals surface area contributed by atoms with E-state index in [2.05, 4.69) is 20.3 Å². The van der Waals surface area contributed by atoms with Crippen LogP contribution >= 0.6 is 11.6 Å². The highest BCUT2D eigenvalue weighted by molar-refractivity contribution is 6.30. The molecule has 1 aromatic carbocycles. The summed E-state index contributed by atoms with van der Waals surface area (Å²) in [5.74, 6) is 0. The zero-order valence-electron chi connectivity index (χ0n) is 8.46. The van der Waals surface area contributed by atoms with Gasteiger partial charge in [0.25, 0.3) is 5.56 Å². The SMILES string of the molecule is O=c1[nH]cnc2c1nnn2-c1ccc(Cl)cc1. The fraction of sp³-hybridized carbons (Fsp3) is 0. The van der Waals surface area contributed by atoms with Crippen LogP contribution in [0.25, 0.3) is 16.9 Å². The highest BCUT2D eigenvalue weighted by Gasteiger charge is 2.09. The van der Waals surface area contributed by atoms with Crippen LogP contribution in [0.3, 0.4) is 0 Å².